The van der Waals surface area contributed by atoms with Gasteiger partial charge >= 0.3 is 0 Å². The number of nitrogens with zero attached hydrogens (tertiary/aromatic N) is 2. The van der Waals surface area contributed by atoms with Crippen LogP contribution in [0.1, 0.15) is 38.8 Å². The van der Waals surface area contributed by atoms with E-state index in [9.17, 15) is 4.79 Å². The molecule has 0 unspecified atom stereocenters. The third-order valence-electron chi connectivity index (χ3n) is 3.31. The van der Waals surface area contributed by atoms with Crippen LogP contribution in [0.25, 0.3) is 0 Å². The predicted molar refractivity (Wildman–Crippen MR) is 90.8 cm³/mol. The maximum Gasteiger partial charge on any atom is 0.285 e. The minimum absolute atomic E-state index is 0.0367. The van der Waals surface area contributed by atoms with Gasteiger partial charge in [0.2, 0.25) is 0 Å². The summed E-state index contributed by atoms with van der Waals surface area (Å²) in [6, 6.07) is 8.24. The SMILES string of the molecule is C/C(=N/Nc1cn[nH]c(=O)c1Cl)c1ccc(C(C)(C)C)cc1. The van der Waals surface area contributed by atoms with Crippen molar-refractivity contribution in [3.8, 4) is 0 Å². The molecular weight excluding hydrogens is 300 g/mol. The number of hydrogen-bond donors (Lipinski definition) is 2. The predicted octanol–water partition coefficient (Wildman–Crippen LogP) is 3.56. The summed E-state index contributed by atoms with van der Waals surface area (Å²) < 4.78 is 0. The molecule has 0 aliphatic rings. The largest absolute Gasteiger partial charge is 0.285 e. The molecule has 22 heavy (non-hydrogen) atoms. The van der Waals surface area contributed by atoms with Crippen LogP contribution in [-0.2, 0) is 5.41 Å². The summed E-state index contributed by atoms with van der Waals surface area (Å²) >= 11 is 5.88. The van der Waals surface area contributed by atoms with Gasteiger partial charge in [0.25, 0.3) is 5.56 Å². The molecule has 116 valence electrons. The summed E-state index contributed by atoms with van der Waals surface area (Å²) in [7, 11) is 0. The summed E-state index contributed by atoms with van der Waals surface area (Å²) in [6.07, 6.45) is 1.42. The molecule has 2 aromatic rings. The molecule has 0 bridgehead atoms. The molecule has 0 aliphatic carbocycles. The summed E-state index contributed by atoms with van der Waals surface area (Å²) in [4.78, 5) is 11.3. The van der Waals surface area contributed by atoms with Gasteiger partial charge in [-0.25, -0.2) is 5.10 Å². The Labute approximate surface area is 134 Å². The standard InChI is InChI=1S/C16H19ClN4O/c1-10(11-5-7-12(8-6-11)16(2,3)4)19-20-13-9-18-21-15(22)14(13)17/h5-9H,1-4H3,(H2,20,21,22)/b19-10-. The van der Waals surface area contributed by atoms with Gasteiger partial charge in [0.15, 0.2) is 0 Å². The average molecular weight is 319 g/mol. The van der Waals surface area contributed by atoms with Gasteiger partial charge in [-0.15, -0.1) is 0 Å². The highest BCUT2D eigenvalue weighted by atomic mass is 35.5. The van der Waals surface area contributed by atoms with Gasteiger partial charge in [-0.1, -0.05) is 56.6 Å². The molecule has 0 atom stereocenters. The Balaban J connectivity index is 2.19. The lowest BCUT2D eigenvalue weighted by molar-refractivity contribution is 0.590. The minimum Gasteiger partial charge on any atom is -0.275 e. The molecule has 0 amide bonds. The van der Waals surface area contributed by atoms with E-state index in [2.05, 4.69) is 53.6 Å². The molecular formula is C16H19ClN4O. The van der Waals surface area contributed by atoms with Crippen LogP contribution in [0.4, 0.5) is 5.69 Å². The first-order valence-corrected chi connectivity index (χ1v) is 7.31. The van der Waals surface area contributed by atoms with Crippen LogP contribution in [-0.4, -0.2) is 15.9 Å². The second-order valence-corrected chi connectivity index (χ2v) is 6.44. The van der Waals surface area contributed by atoms with Crippen molar-refractivity contribution in [3.63, 3.8) is 0 Å². The molecule has 2 N–H and O–H groups in total. The van der Waals surface area contributed by atoms with Crippen LogP contribution in [0.2, 0.25) is 5.02 Å². The molecule has 1 aromatic carbocycles. The Hall–Kier alpha value is -2.14. The quantitative estimate of drug-likeness (QED) is 0.671. The van der Waals surface area contributed by atoms with Crippen LogP contribution in [0.15, 0.2) is 40.4 Å². The number of nitrogens with one attached hydrogen (secondary N) is 2. The van der Waals surface area contributed by atoms with Crippen molar-refractivity contribution in [2.45, 2.75) is 33.1 Å². The van der Waals surface area contributed by atoms with E-state index < -0.39 is 5.56 Å². The average Bonchev–Trinajstić information content (AvgIpc) is 2.48. The maximum atomic E-state index is 11.3. The van der Waals surface area contributed by atoms with E-state index in [1.807, 2.05) is 19.1 Å². The maximum absolute atomic E-state index is 11.3. The second kappa shape index (κ2) is 6.32. The number of H-pyrrole nitrogens is 1. The smallest absolute Gasteiger partial charge is 0.275 e. The van der Waals surface area contributed by atoms with Crippen LogP contribution >= 0.6 is 11.6 Å². The molecule has 0 saturated carbocycles. The van der Waals surface area contributed by atoms with Gasteiger partial charge in [0.05, 0.1) is 11.9 Å². The molecule has 2 rings (SSSR count). The van der Waals surface area contributed by atoms with Crippen molar-refractivity contribution < 1.29 is 0 Å². The first-order valence-electron chi connectivity index (χ1n) is 6.93. The van der Waals surface area contributed by atoms with Crippen molar-refractivity contribution in [2.75, 3.05) is 5.43 Å². The number of anilines is 1. The Morgan fingerprint density at radius 2 is 1.91 bits per heavy atom. The van der Waals surface area contributed by atoms with Gasteiger partial charge < -0.3 is 0 Å². The van der Waals surface area contributed by atoms with E-state index in [1.165, 1.54) is 11.8 Å². The third-order valence-corrected chi connectivity index (χ3v) is 3.68. The van der Waals surface area contributed by atoms with Crippen LogP contribution < -0.4 is 11.0 Å². The molecule has 0 saturated heterocycles. The lowest BCUT2D eigenvalue weighted by atomic mass is 9.86. The lowest BCUT2D eigenvalue weighted by Gasteiger charge is -2.19. The zero-order valence-electron chi connectivity index (χ0n) is 13.1. The van der Waals surface area contributed by atoms with E-state index in [0.717, 1.165) is 11.3 Å². The summed E-state index contributed by atoms with van der Waals surface area (Å²) in [5.74, 6) is 0. The van der Waals surface area contributed by atoms with Crippen molar-refractivity contribution in [1.29, 1.82) is 0 Å². The fourth-order valence-electron chi connectivity index (χ4n) is 1.88. The number of hydrogen-bond acceptors (Lipinski definition) is 4. The molecule has 1 heterocycles. The fraction of sp³-hybridized carbons (Fsp3) is 0.312. The first-order chi connectivity index (χ1) is 10.3. The normalized spacial score (nSPS) is 12.3. The van der Waals surface area contributed by atoms with Gasteiger partial charge in [-0.05, 0) is 23.5 Å². The highest BCUT2D eigenvalue weighted by molar-refractivity contribution is 6.32. The number of halogens is 1. The zero-order valence-corrected chi connectivity index (χ0v) is 13.8. The van der Waals surface area contributed by atoms with Gasteiger partial charge in [-0.2, -0.15) is 10.2 Å². The van der Waals surface area contributed by atoms with Crippen LogP contribution in [0.3, 0.4) is 0 Å². The van der Waals surface area contributed by atoms with Crippen molar-refractivity contribution in [1.82, 2.24) is 10.2 Å². The number of rotatable bonds is 3. The summed E-state index contributed by atoms with van der Waals surface area (Å²) in [6.45, 7) is 8.40. The van der Waals surface area contributed by atoms with Crippen molar-refractivity contribution >= 4 is 23.0 Å². The Morgan fingerprint density at radius 3 is 2.50 bits per heavy atom. The zero-order chi connectivity index (χ0) is 16.3. The molecule has 1 aromatic heterocycles. The fourth-order valence-corrected chi connectivity index (χ4v) is 2.01. The van der Waals surface area contributed by atoms with Crippen molar-refractivity contribution in [2.24, 2.45) is 5.10 Å². The summed E-state index contributed by atoms with van der Waals surface area (Å²) in [5, 5.41) is 10.2. The number of benzene rings is 1. The van der Waals surface area contributed by atoms with E-state index in [0.29, 0.717) is 5.69 Å². The second-order valence-electron chi connectivity index (χ2n) is 6.06. The number of aromatic nitrogens is 2. The van der Waals surface area contributed by atoms with Gasteiger partial charge in [0.1, 0.15) is 10.7 Å². The Morgan fingerprint density at radius 1 is 1.27 bits per heavy atom. The first kappa shape index (κ1) is 16.2. The molecule has 0 fully saturated rings. The van der Waals surface area contributed by atoms with Crippen LogP contribution in [0, 0.1) is 0 Å². The monoisotopic (exact) mass is 318 g/mol. The van der Waals surface area contributed by atoms with E-state index in [1.54, 1.807) is 0 Å². The molecule has 0 spiro atoms. The van der Waals surface area contributed by atoms with Crippen molar-refractivity contribution in [3.05, 3.63) is 57.0 Å². The van der Waals surface area contributed by atoms with E-state index >= 15 is 0 Å². The van der Waals surface area contributed by atoms with Gasteiger partial charge in [-0.3, -0.25) is 10.2 Å². The van der Waals surface area contributed by atoms with E-state index in [4.69, 9.17) is 11.6 Å². The minimum atomic E-state index is -0.450. The third kappa shape index (κ3) is 3.74. The topological polar surface area (TPSA) is 70.1 Å². The molecule has 6 heteroatoms. The highest BCUT2D eigenvalue weighted by Crippen LogP contribution is 2.22. The number of aromatic amines is 1. The molecule has 0 radical (unpaired) electrons. The molecule has 5 nitrogen and oxygen atoms in total. The lowest BCUT2D eigenvalue weighted by Crippen LogP contribution is -2.12. The summed E-state index contributed by atoms with van der Waals surface area (Å²) in [5.41, 5.74) is 5.86. The van der Waals surface area contributed by atoms with E-state index in [-0.39, 0.29) is 10.4 Å². The highest BCUT2D eigenvalue weighted by Gasteiger charge is 2.13. The number of hydrazone groups is 1. The Bertz CT molecular complexity index is 742. The van der Waals surface area contributed by atoms with Crippen LogP contribution in [0.5, 0.6) is 0 Å². The Kier molecular flexibility index (Phi) is 4.66. The van der Waals surface area contributed by atoms with Gasteiger partial charge in [0, 0.05) is 0 Å². The molecule has 0 aliphatic heterocycles.